The molecule has 5 heteroatoms. The van der Waals surface area contributed by atoms with Gasteiger partial charge in [0, 0.05) is 24.3 Å². The Morgan fingerprint density at radius 3 is 2.92 bits per heavy atom. The molecular formula is C8H14N4S. The summed E-state index contributed by atoms with van der Waals surface area (Å²) in [5.41, 5.74) is 2.21. The number of rotatable bonds is 3. The van der Waals surface area contributed by atoms with Gasteiger partial charge in [-0.15, -0.1) is 0 Å². The fourth-order valence-electron chi connectivity index (χ4n) is 0.952. The van der Waals surface area contributed by atoms with Crippen molar-refractivity contribution in [2.24, 2.45) is 0 Å². The standard InChI is InChI=1S/C8H14N4S/c1-3-9-8(13)10-4-7-5-11-12-6(7)2/h5H,3-4H2,1-2H3,(H,11,12)(H2,9,10,13). The zero-order valence-electron chi connectivity index (χ0n) is 7.85. The Balaban J connectivity index is 2.35. The normalized spacial score (nSPS) is 9.69. The van der Waals surface area contributed by atoms with Crippen molar-refractivity contribution in [3.8, 4) is 0 Å². The van der Waals surface area contributed by atoms with Crippen LogP contribution in [0.25, 0.3) is 0 Å². The van der Waals surface area contributed by atoms with Gasteiger partial charge in [0.15, 0.2) is 5.11 Å². The summed E-state index contributed by atoms with van der Waals surface area (Å²) in [7, 11) is 0. The van der Waals surface area contributed by atoms with Gasteiger partial charge in [-0.2, -0.15) is 5.10 Å². The van der Waals surface area contributed by atoms with E-state index >= 15 is 0 Å². The Bertz CT molecular complexity index is 281. The van der Waals surface area contributed by atoms with Crippen LogP contribution < -0.4 is 10.6 Å². The number of nitrogens with one attached hydrogen (secondary N) is 3. The fraction of sp³-hybridized carbons (Fsp3) is 0.500. The minimum absolute atomic E-state index is 0.683. The SMILES string of the molecule is CCNC(=S)NCc1cn[nH]c1C. The Kier molecular flexibility index (Phi) is 3.70. The summed E-state index contributed by atoms with van der Waals surface area (Å²) in [6.07, 6.45) is 1.80. The molecule has 13 heavy (non-hydrogen) atoms. The van der Waals surface area contributed by atoms with Crippen molar-refractivity contribution >= 4 is 17.3 Å². The highest BCUT2D eigenvalue weighted by atomic mass is 32.1. The lowest BCUT2D eigenvalue weighted by molar-refractivity contribution is 0.850. The Labute approximate surface area is 83.1 Å². The van der Waals surface area contributed by atoms with E-state index in [0.29, 0.717) is 11.7 Å². The molecule has 0 aliphatic carbocycles. The van der Waals surface area contributed by atoms with Crippen LogP contribution >= 0.6 is 12.2 Å². The molecule has 4 nitrogen and oxygen atoms in total. The maximum Gasteiger partial charge on any atom is 0.166 e. The van der Waals surface area contributed by atoms with Crippen LogP contribution in [0.5, 0.6) is 0 Å². The summed E-state index contributed by atoms with van der Waals surface area (Å²) in [5.74, 6) is 0. The van der Waals surface area contributed by atoms with Crippen LogP contribution in [0.2, 0.25) is 0 Å². The van der Waals surface area contributed by atoms with Crippen molar-refractivity contribution in [2.75, 3.05) is 6.54 Å². The van der Waals surface area contributed by atoms with E-state index in [0.717, 1.165) is 17.8 Å². The Hall–Kier alpha value is -1.10. The van der Waals surface area contributed by atoms with E-state index in [-0.39, 0.29) is 0 Å². The third-order valence-corrected chi connectivity index (χ3v) is 2.00. The second-order valence-electron chi connectivity index (χ2n) is 2.73. The van der Waals surface area contributed by atoms with E-state index in [9.17, 15) is 0 Å². The summed E-state index contributed by atoms with van der Waals surface area (Å²) < 4.78 is 0. The van der Waals surface area contributed by atoms with Crippen LogP contribution in [0.15, 0.2) is 6.20 Å². The number of hydrogen-bond acceptors (Lipinski definition) is 2. The molecule has 1 heterocycles. The van der Waals surface area contributed by atoms with Crippen molar-refractivity contribution in [3.05, 3.63) is 17.5 Å². The summed E-state index contributed by atoms with van der Waals surface area (Å²) in [4.78, 5) is 0. The number of nitrogens with zero attached hydrogens (tertiary/aromatic N) is 1. The van der Waals surface area contributed by atoms with Crippen LogP contribution in [0.4, 0.5) is 0 Å². The van der Waals surface area contributed by atoms with E-state index < -0.39 is 0 Å². The van der Waals surface area contributed by atoms with Crippen molar-refractivity contribution in [3.63, 3.8) is 0 Å². The molecule has 0 aliphatic rings. The highest BCUT2D eigenvalue weighted by Gasteiger charge is 1.99. The molecule has 1 rings (SSSR count). The quantitative estimate of drug-likeness (QED) is 0.626. The first kappa shape index (κ1) is 9.98. The molecule has 0 amide bonds. The molecule has 3 N–H and O–H groups in total. The van der Waals surface area contributed by atoms with E-state index in [2.05, 4.69) is 20.8 Å². The molecule has 1 aromatic heterocycles. The number of aromatic nitrogens is 2. The highest BCUT2D eigenvalue weighted by molar-refractivity contribution is 7.80. The predicted octanol–water partition coefficient (Wildman–Crippen LogP) is 0.702. The van der Waals surface area contributed by atoms with Gasteiger partial charge in [0.25, 0.3) is 0 Å². The molecule has 0 spiro atoms. The molecule has 72 valence electrons. The molecular weight excluding hydrogens is 184 g/mol. The van der Waals surface area contributed by atoms with Crippen LogP contribution in [0, 0.1) is 6.92 Å². The van der Waals surface area contributed by atoms with E-state index in [1.807, 2.05) is 13.8 Å². The van der Waals surface area contributed by atoms with Crippen LogP contribution in [0.3, 0.4) is 0 Å². The molecule has 0 unspecified atom stereocenters. The van der Waals surface area contributed by atoms with Gasteiger partial charge in [-0.05, 0) is 26.1 Å². The topological polar surface area (TPSA) is 52.7 Å². The van der Waals surface area contributed by atoms with Gasteiger partial charge in [0.2, 0.25) is 0 Å². The lowest BCUT2D eigenvalue weighted by Gasteiger charge is -2.07. The van der Waals surface area contributed by atoms with Crippen molar-refractivity contribution in [1.29, 1.82) is 0 Å². The van der Waals surface area contributed by atoms with Crippen molar-refractivity contribution < 1.29 is 0 Å². The van der Waals surface area contributed by atoms with Gasteiger partial charge in [-0.3, -0.25) is 5.10 Å². The van der Waals surface area contributed by atoms with Gasteiger partial charge < -0.3 is 10.6 Å². The molecule has 0 atom stereocenters. The van der Waals surface area contributed by atoms with E-state index in [1.54, 1.807) is 6.20 Å². The fourth-order valence-corrected chi connectivity index (χ4v) is 1.17. The first-order valence-electron chi connectivity index (χ1n) is 4.24. The summed E-state index contributed by atoms with van der Waals surface area (Å²) in [5, 5.41) is 13.6. The number of hydrogen-bond donors (Lipinski definition) is 3. The third kappa shape index (κ3) is 3.02. The van der Waals surface area contributed by atoms with E-state index in [1.165, 1.54) is 0 Å². The number of thiocarbonyl (C=S) groups is 1. The average Bonchev–Trinajstić information content (AvgIpc) is 2.48. The first-order valence-corrected chi connectivity index (χ1v) is 4.65. The van der Waals surface area contributed by atoms with Crippen molar-refractivity contribution in [1.82, 2.24) is 20.8 Å². The Morgan fingerprint density at radius 1 is 1.62 bits per heavy atom. The molecule has 0 bridgehead atoms. The molecule has 0 saturated heterocycles. The second kappa shape index (κ2) is 4.81. The molecule has 1 aromatic rings. The van der Waals surface area contributed by atoms with Crippen LogP contribution in [-0.2, 0) is 6.54 Å². The number of H-pyrrole nitrogens is 1. The molecule has 0 aliphatic heterocycles. The minimum Gasteiger partial charge on any atom is -0.363 e. The van der Waals surface area contributed by atoms with E-state index in [4.69, 9.17) is 12.2 Å². The maximum atomic E-state index is 5.02. The smallest absolute Gasteiger partial charge is 0.166 e. The van der Waals surface area contributed by atoms with Crippen LogP contribution in [0.1, 0.15) is 18.2 Å². The van der Waals surface area contributed by atoms with Gasteiger partial charge in [0.1, 0.15) is 0 Å². The molecule has 0 saturated carbocycles. The largest absolute Gasteiger partial charge is 0.363 e. The highest BCUT2D eigenvalue weighted by Crippen LogP contribution is 2.00. The van der Waals surface area contributed by atoms with Gasteiger partial charge >= 0.3 is 0 Å². The summed E-state index contributed by atoms with van der Waals surface area (Å²) in [6.45, 7) is 5.56. The molecule has 0 fully saturated rings. The molecule has 0 aromatic carbocycles. The zero-order valence-corrected chi connectivity index (χ0v) is 8.66. The third-order valence-electron chi connectivity index (χ3n) is 1.71. The maximum absolute atomic E-state index is 5.02. The zero-order chi connectivity index (χ0) is 9.68. The van der Waals surface area contributed by atoms with Crippen LogP contribution in [-0.4, -0.2) is 21.9 Å². The minimum atomic E-state index is 0.683. The number of aryl methyl sites for hydroxylation is 1. The lowest BCUT2D eigenvalue weighted by Crippen LogP contribution is -2.34. The predicted molar refractivity (Wildman–Crippen MR) is 56.4 cm³/mol. The van der Waals surface area contributed by atoms with Crippen molar-refractivity contribution in [2.45, 2.75) is 20.4 Å². The average molecular weight is 198 g/mol. The second-order valence-corrected chi connectivity index (χ2v) is 3.14. The summed E-state index contributed by atoms with van der Waals surface area (Å²) in [6, 6.07) is 0. The van der Waals surface area contributed by atoms with Gasteiger partial charge in [-0.1, -0.05) is 0 Å². The first-order chi connectivity index (χ1) is 6.24. The summed E-state index contributed by atoms with van der Waals surface area (Å²) >= 11 is 5.02. The number of aromatic amines is 1. The lowest BCUT2D eigenvalue weighted by atomic mass is 10.3. The molecule has 0 radical (unpaired) electrons. The van der Waals surface area contributed by atoms with Gasteiger partial charge in [0.05, 0.1) is 6.20 Å². The van der Waals surface area contributed by atoms with Gasteiger partial charge in [-0.25, -0.2) is 0 Å². The Morgan fingerprint density at radius 2 is 2.38 bits per heavy atom. The monoisotopic (exact) mass is 198 g/mol.